The van der Waals surface area contributed by atoms with Gasteiger partial charge in [0, 0.05) is 12.1 Å². The maximum atomic E-state index is 12.4. The van der Waals surface area contributed by atoms with Crippen LogP contribution >= 0.6 is 0 Å². The quantitative estimate of drug-likeness (QED) is 0.803. The molecule has 114 valence electrons. The van der Waals surface area contributed by atoms with E-state index in [9.17, 15) is 14.7 Å². The van der Waals surface area contributed by atoms with E-state index < -0.39 is 11.6 Å². The van der Waals surface area contributed by atoms with E-state index in [2.05, 4.69) is 0 Å². The van der Waals surface area contributed by atoms with Crippen LogP contribution in [0.15, 0.2) is 0 Å². The molecule has 5 nitrogen and oxygen atoms in total. The molecule has 0 aromatic heterocycles. The second-order valence-corrected chi connectivity index (χ2v) is 7.09. The molecule has 20 heavy (non-hydrogen) atoms. The lowest BCUT2D eigenvalue weighted by Crippen LogP contribution is -2.54. The minimum absolute atomic E-state index is 0.288. The Morgan fingerprint density at radius 3 is 2.50 bits per heavy atom. The average molecular weight is 283 g/mol. The molecule has 2 unspecified atom stereocenters. The number of nitrogens with zero attached hydrogens (tertiary/aromatic N) is 1. The average Bonchev–Trinajstić information content (AvgIpc) is 2.72. The summed E-state index contributed by atoms with van der Waals surface area (Å²) in [4.78, 5) is 25.4. The van der Waals surface area contributed by atoms with Crippen molar-refractivity contribution in [3.05, 3.63) is 0 Å². The second kappa shape index (κ2) is 5.26. The van der Waals surface area contributed by atoms with E-state index in [1.54, 1.807) is 0 Å². The van der Waals surface area contributed by atoms with Gasteiger partial charge in [0.1, 0.15) is 5.60 Å². The molecule has 2 aliphatic rings. The summed E-state index contributed by atoms with van der Waals surface area (Å²) >= 11 is 0. The van der Waals surface area contributed by atoms with Crippen LogP contribution in [-0.2, 0) is 9.53 Å². The summed E-state index contributed by atoms with van der Waals surface area (Å²) in [5.74, 6) is -1.06. The van der Waals surface area contributed by atoms with Gasteiger partial charge in [0.2, 0.25) is 0 Å². The van der Waals surface area contributed by atoms with Gasteiger partial charge in [-0.15, -0.1) is 0 Å². The van der Waals surface area contributed by atoms with Gasteiger partial charge in [-0.05, 0) is 59.3 Å². The van der Waals surface area contributed by atoms with Crippen LogP contribution in [0.1, 0.15) is 59.3 Å². The molecule has 1 aliphatic heterocycles. The van der Waals surface area contributed by atoms with E-state index in [4.69, 9.17) is 4.74 Å². The van der Waals surface area contributed by atoms with Gasteiger partial charge in [0.15, 0.2) is 0 Å². The smallest absolute Gasteiger partial charge is 0.410 e. The van der Waals surface area contributed by atoms with E-state index in [0.717, 1.165) is 25.7 Å². The van der Waals surface area contributed by atoms with Crippen LogP contribution in [0.4, 0.5) is 4.79 Å². The Balaban J connectivity index is 2.14. The van der Waals surface area contributed by atoms with Gasteiger partial charge < -0.3 is 14.7 Å². The van der Waals surface area contributed by atoms with Gasteiger partial charge in [0.25, 0.3) is 0 Å². The third-order valence-electron chi connectivity index (χ3n) is 4.39. The van der Waals surface area contributed by atoms with Crippen LogP contribution in [0.25, 0.3) is 0 Å². The van der Waals surface area contributed by atoms with Crippen molar-refractivity contribution in [1.82, 2.24) is 4.90 Å². The number of carbonyl (C=O) groups is 2. The lowest BCUT2D eigenvalue weighted by atomic mass is 9.84. The van der Waals surface area contributed by atoms with E-state index >= 15 is 0 Å². The van der Waals surface area contributed by atoms with Crippen molar-refractivity contribution in [3.8, 4) is 0 Å². The Kier molecular flexibility index (Phi) is 3.98. The summed E-state index contributed by atoms with van der Waals surface area (Å²) in [6.45, 7) is 6.25. The molecule has 1 amide bonds. The van der Waals surface area contributed by atoms with Crippen LogP contribution in [0.5, 0.6) is 0 Å². The van der Waals surface area contributed by atoms with Crippen molar-refractivity contribution in [2.75, 3.05) is 6.54 Å². The molecule has 2 fully saturated rings. The molecular formula is C15H25NO4. The first kappa shape index (κ1) is 15.1. The first-order valence-electron chi connectivity index (χ1n) is 7.47. The third kappa shape index (κ3) is 3.07. The fraction of sp³-hybridized carbons (Fsp3) is 0.867. The van der Waals surface area contributed by atoms with Gasteiger partial charge >= 0.3 is 12.1 Å². The minimum atomic E-state index is -0.739. The van der Waals surface area contributed by atoms with E-state index in [0.29, 0.717) is 19.4 Å². The molecule has 2 rings (SSSR count). The van der Waals surface area contributed by atoms with Crippen molar-refractivity contribution in [1.29, 1.82) is 0 Å². The summed E-state index contributed by atoms with van der Waals surface area (Å²) in [5, 5.41) is 9.20. The highest BCUT2D eigenvalue weighted by Crippen LogP contribution is 2.45. The van der Waals surface area contributed by atoms with Gasteiger partial charge in [-0.2, -0.15) is 0 Å². The molecule has 1 saturated carbocycles. The van der Waals surface area contributed by atoms with Crippen molar-refractivity contribution >= 4 is 12.1 Å². The Bertz CT molecular complexity index is 401. The number of aliphatic carboxylic acids is 1. The fourth-order valence-electron chi connectivity index (χ4n) is 3.49. The van der Waals surface area contributed by atoms with Crippen LogP contribution in [0, 0.1) is 5.92 Å². The zero-order valence-corrected chi connectivity index (χ0v) is 12.6. The number of amides is 1. The molecule has 1 heterocycles. The molecule has 2 atom stereocenters. The Morgan fingerprint density at radius 2 is 1.95 bits per heavy atom. The predicted molar refractivity (Wildman–Crippen MR) is 74.5 cm³/mol. The second-order valence-electron chi connectivity index (χ2n) is 7.09. The van der Waals surface area contributed by atoms with Crippen LogP contribution in [0.2, 0.25) is 0 Å². The zero-order valence-electron chi connectivity index (χ0n) is 12.6. The normalized spacial score (nSPS) is 30.6. The topological polar surface area (TPSA) is 66.8 Å². The van der Waals surface area contributed by atoms with Crippen LogP contribution in [0.3, 0.4) is 0 Å². The number of hydrogen-bond acceptors (Lipinski definition) is 3. The molecule has 0 bridgehead atoms. The molecule has 0 aromatic carbocycles. The zero-order chi connectivity index (χ0) is 15.0. The third-order valence-corrected chi connectivity index (χ3v) is 4.39. The van der Waals surface area contributed by atoms with Crippen LogP contribution in [-0.4, -0.2) is 39.8 Å². The number of carboxylic acids is 1. The van der Waals surface area contributed by atoms with E-state index in [1.165, 1.54) is 0 Å². The Labute approximate surface area is 120 Å². The first-order chi connectivity index (χ1) is 9.23. The molecule has 1 N–H and O–H groups in total. The van der Waals surface area contributed by atoms with Gasteiger partial charge in [-0.25, -0.2) is 4.79 Å². The fourth-order valence-corrected chi connectivity index (χ4v) is 3.49. The maximum Gasteiger partial charge on any atom is 0.410 e. The number of rotatable bonds is 1. The highest BCUT2D eigenvalue weighted by atomic mass is 16.6. The molecule has 1 spiro atoms. The maximum absolute atomic E-state index is 12.4. The van der Waals surface area contributed by atoms with Gasteiger partial charge in [-0.1, -0.05) is 0 Å². The van der Waals surface area contributed by atoms with E-state index in [-0.39, 0.29) is 17.6 Å². The molecule has 5 heteroatoms. The highest BCUT2D eigenvalue weighted by Gasteiger charge is 2.49. The van der Waals surface area contributed by atoms with Gasteiger partial charge in [0.05, 0.1) is 5.92 Å². The number of likely N-dealkylation sites (tertiary alicyclic amines) is 1. The molecular weight excluding hydrogens is 258 g/mol. The SMILES string of the molecule is CC(C)(C)OC(=O)N1CCCCC12CCC(C(=O)O)C2. The summed E-state index contributed by atoms with van der Waals surface area (Å²) < 4.78 is 5.50. The molecule has 1 saturated heterocycles. The van der Waals surface area contributed by atoms with Crippen molar-refractivity contribution in [2.24, 2.45) is 5.92 Å². The summed E-state index contributed by atoms with van der Waals surface area (Å²) in [7, 11) is 0. The number of hydrogen-bond donors (Lipinski definition) is 1. The van der Waals surface area contributed by atoms with Gasteiger partial charge in [-0.3, -0.25) is 4.79 Å². The number of carboxylic acid groups (broad SMARTS) is 1. The molecule has 1 aliphatic carbocycles. The molecule has 0 radical (unpaired) electrons. The number of piperidine rings is 1. The Hall–Kier alpha value is -1.26. The predicted octanol–water partition coefficient (Wildman–Crippen LogP) is 3.03. The van der Waals surface area contributed by atoms with Crippen molar-refractivity contribution in [2.45, 2.75) is 70.4 Å². The monoisotopic (exact) mass is 283 g/mol. The van der Waals surface area contributed by atoms with E-state index in [1.807, 2.05) is 25.7 Å². The lowest BCUT2D eigenvalue weighted by molar-refractivity contribution is -0.142. The summed E-state index contributed by atoms with van der Waals surface area (Å²) in [6, 6.07) is 0. The number of carbonyl (C=O) groups excluding carboxylic acids is 1. The number of ether oxygens (including phenoxy) is 1. The van der Waals surface area contributed by atoms with Crippen molar-refractivity contribution in [3.63, 3.8) is 0 Å². The largest absolute Gasteiger partial charge is 0.481 e. The van der Waals surface area contributed by atoms with Crippen LogP contribution < -0.4 is 0 Å². The first-order valence-corrected chi connectivity index (χ1v) is 7.47. The highest BCUT2D eigenvalue weighted by molar-refractivity contribution is 5.72. The summed E-state index contributed by atoms with van der Waals surface area (Å²) in [5.41, 5.74) is -0.801. The standard InChI is InChI=1S/C15H25NO4/c1-14(2,3)20-13(19)16-9-5-4-7-15(16)8-6-11(10-15)12(17)18/h11H,4-10H2,1-3H3,(H,17,18). The minimum Gasteiger partial charge on any atom is -0.481 e. The lowest BCUT2D eigenvalue weighted by Gasteiger charge is -2.45. The Morgan fingerprint density at radius 1 is 1.25 bits per heavy atom. The van der Waals surface area contributed by atoms with Crippen molar-refractivity contribution < 1.29 is 19.4 Å². The summed E-state index contributed by atoms with van der Waals surface area (Å²) in [6.07, 6.45) is 4.66. The molecule has 0 aromatic rings.